The molecule has 124 valence electrons. The maximum Gasteiger partial charge on any atom is 0.319 e. The maximum absolute atomic E-state index is 12.3. The van der Waals surface area contributed by atoms with Crippen LogP contribution in [-0.4, -0.2) is 20.6 Å². The molecule has 3 aromatic rings. The van der Waals surface area contributed by atoms with Gasteiger partial charge in [0, 0.05) is 11.9 Å². The van der Waals surface area contributed by atoms with E-state index >= 15 is 0 Å². The molecule has 2 heterocycles. The Labute approximate surface area is 140 Å². The zero-order chi connectivity index (χ0) is 16.9. The number of carbonyl (C=O) groups excluding carboxylic acids is 1. The van der Waals surface area contributed by atoms with Crippen molar-refractivity contribution in [3.05, 3.63) is 60.0 Å². The molecule has 6 nitrogen and oxygen atoms in total. The van der Waals surface area contributed by atoms with Gasteiger partial charge in [-0.2, -0.15) is 0 Å². The summed E-state index contributed by atoms with van der Waals surface area (Å²) in [6.07, 6.45) is 3.63. The predicted molar refractivity (Wildman–Crippen MR) is 94.0 cm³/mol. The van der Waals surface area contributed by atoms with Crippen LogP contribution < -0.4 is 10.6 Å². The molecule has 2 aromatic heterocycles. The third-order valence-corrected chi connectivity index (χ3v) is 3.84. The molecule has 1 unspecified atom stereocenters. The molecule has 0 saturated carbocycles. The molecule has 0 fully saturated rings. The molecule has 3 rings (SSSR count). The second-order valence-corrected chi connectivity index (χ2v) is 5.79. The number of anilines is 1. The van der Waals surface area contributed by atoms with E-state index in [1.54, 1.807) is 0 Å². The lowest BCUT2D eigenvalue weighted by Gasteiger charge is -2.17. The molecule has 2 N–H and O–H groups in total. The lowest BCUT2D eigenvalue weighted by molar-refractivity contribution is 0.247. The molecule has 24 heavy (non-hydrogen) atoms. The van der Waals surface area contributed by atoms with E-state index in [0.717, 1.165) is 35.6 Å². The van der Waals surface area contributed by atoms with Crippen LogP contribution in [0.4, 0.5) is 10.5 Å². The number of hydrogen-bond acceptors (Lipinski definition) is 3. The quantitative estimate of drug-likeness (QED) is 0.752. The molecule has 0 aliphatic rings. The van der Waals surface area contributed by atoms with E-state index in [2.05, 4.69) is 27.8 Å². The maximum atomic E-state index is 12.3. The number of pyridine rings is 1. The summed E-state index contributed by atoms with van der Waals surface area (Å²) in [5, 5.41) is 14.3. The zero-order valence-electron chi connectivity index (χ0n) is 13.9. The van der Waals surface area contributed by atoms with E-state index in [9.17, 15) is 4.79 Å². The fourth-order valence-electron chi connectivity index (χ4n) is 2.61. The molecular formula is C18H21N5O. The van der Waals surface area contributed by atoms with Crippen molar-refractivity contribution in [2.45, 2.75) is 32.7 Å². The van der Waals surface area contributed by atoms with Crippen LogP contribution in [-0.2, 0) is 0 Å². The molecule has 0 radical (unpaired) electrons. The lowest BCUT2D eigenvalue weighted by atomic mass is 10.1. The van der Waals surface area contributed by atoms with Crippen LogP contribution in [0.25, 0.3) is 5.65 Å². The minimum Gasteiger partial charge on any atom is -0.328 e. The number of aromatic nitrogens is 3. The number of nitrogens with one attached hydrogen (secondary N) is 2. The number of hydrogen-bond donors (Lipinski definition) is 2. The molecule has 2 amide bonds. The van der Waals surface area contributed by atoms with Gasteiger partial charge < -0.3 is 10.6 Å². The second-order valence-electron chi connectivity index (χ2n) is 5.79. The minimum absolute atomic E-state index is 0.196. The molecule has 0 aliphatic heterocycles. The highest BCUT2D eigenvalue weighted by atomic mass is 16.2. The van der Waals surface area contributed by atoms with E-state index in [-0.39, 0.29) is 12.1 Å². The van der Waals surface area contributed by atoms with Gasteiger partial charge in [-0.3, -0.25) is 4.40 Å². The molecule has 1 atom stereocenters. The average molecular weight is 323 g/mol. The van der Waals surface area contributed by atoms with Gasteiger partial charge in [0.15, 0.2) is 11.5 Å². The Morgan fingerprint density at radius 1 is 1.17 bits per heavy atom. The van der Waals surface area contributed by atoms with Crippen LogP contribution in [0, 0.1) is 6.92 Å². The van der Waals surface area contributed by atoms with E-state index < -0.39 is 0 Å². The van der Waals surface area contributed by atoms with Gasteiger partial charge >= 0.3 is 6.03 Å². The summed E-state index contributed by atoms with van der Waals surface area (Å²) >= 11 is 0. The number of nitrogens with zero attached hydrogens (tertiary/aromatic N) is 3. The number of fused-ring (bicyclic) bond motifs is 1. The van der Waals surface area contributed by atoms with Gasteiger partial charge in [-0.1, -0.05) is 37.1 Å². The van der Waals surface area contributed by atoms with Crippen molar-refractivity contribution in [3.63, 3.8) is 0 Å². The van der Waals surface area contributed by atoms with Crippen LogP contribution in [0.1, 0.15) is 37.2 Å². The van der Waals surface area contributed by atoms with E-state index in [4.69, 9.17) is 0 Å². The van der Waals surface area contributed by atoms with E-state index in [0.29, 0.717) is 0 Å². The van der Waals surface area contributed by atoms with Gasteiger partial charge in [-0.05, 0) is 37.6 Å². The van der Waals surface area contributed by atoms with Gasteiger partial charge in [0.1, 0.15) is 0 Å². The number of amides is 2. The van der Waals surface area contributed by atoms with Gasteiger partial charge in [0.25, 0.3) is 0 Å². The van der Waals surface area contributed by atoms with Gasteiger partial charge in [-0.25, -0.2) is 4.79 Å². The topological polar surface area (TPSA) is 71.3 Å². The molecule has 0 spiro atoms. The molecule has 1 aromatic carbocycles. The molecular weight excluding hydrogens is 302 g/mol. The number of benzene rings is 1. The highest BCUT2D eigenvalue weighted by molar-refractivity contribution is 5.89. The summed E-state index contributed by atoms with van der Waals surface area (Å²) in [5.74, 6) is 0.742. The predicted octanol–water partition coefficient (Wildman–Crippen LogP) is 3.70. The van der Waals surface area contributed by atoms with Crippen molar-refractivity contribution < 1.29 is 4.79 Å². The standard InChI is InChI=1S/C18H21N5O/c1-3-6-15(17-22-21-16-7-4-5-12-23(16)17)20-18(24)19-14-10-8-13(2)9-11-14/h4-5,7-12,15H,3,6H2,1-2H3,(H2,19,20,24). The van der Waals surface area contributed by atoms with Gasteiger partial charge in [0.05, 0.1) is 6.04 Å². The van der Waals surface area contributed by atoms with Crippen LogP contribution in [0.2, 0.25) is 0 Å². The normalized spacial score (nSPS) is 12.1. The zero-order valence-corrected chi connectivity index (χ0v) is 13.9. The number of aryl methyl sites for hydroxylation is 1. The Morgan fingerprint density at radius 2 is 1.96 bits per heavy atom. The molecule has 0 aliphatic carbocycles. The number of carbonyl (C=O) groups is 1. The third kappa shape index (κ3) is 3.53. The summed E-state index contributed by atoms with van der Waals surface area (Å²) in [6, 6.07) is 13.0. The fraction of sp³-hybridized carbons (Fsp3) is 0.278. The molecule has 0 bridgehead atoms. The fourth-order valence-corrected chi connectivity index (χ4v) is 2.61. The first-order chi connectivity index (χ1) is 11.7. The van der Waals surface area contributed by atoms with Crippen LogP contribution in [0.15, 0.2) is 48.7 Å². The van der Waals surface area contributed by atoms with Gasteiger partial charge in [0.2, 0.25) is 0 Å². The first-order valence-electron chi connectivity index (χ1n) is 8.11. The SMILES string of the molecule is CCCC(NC(=O)Nc1ccc(C)cc1)c1nnc2ccccn12. The Balaban J connectivity index is 1.76. The van der Waals surface area contributed by atoms with Crippen LogP contribution in [0.3, 0.4) is 0 Å². The van der Waals surface area contributed by atoms with Crippen molar-refractivity contribution in [1.29, 1.82) is 0 Å². The monoisotopic (exact) mass is 323 g/mol. The summed E-state index contributed by atoms with van der Waals surface area (Å²) in [4.78, 5) is 12.3. The smallest absolute Gasteiger partial charge is 0.319 e. The molecule has 6 heteroatoms. The van der Waals surface area contributed by atoms with Crippen molar-refractivity contribution >= 4 is 17.4 Å². The van der Waals surface area contributed by atoms with Gasteiger partial charge in [-0.15, -0.1) is 10.2 Å². The van der Waals surface area contributed by atoms with Crippen LogP contribution in [0.5, 0.6) is 0 Å². The highest BCUT2D eigenvalue weighted by Crippen LogP contribution is 2.18. The summed E-state index contributed by atoms with van der Waals surface area (Å²) in [5.41, 5.74) is 2.69. The Morgan fingerprint density at radius 3 is 2.71 bits per heavy atom. The van der Waals surface area contributed by atoms with Crippen molar-refractivity contribution in [1.82, 2.24) is 19.9 Å². The highest BCUT2D eigenvalue weighted by Gasteiger charge is 2.19. The Hall–Kier alpha value is -2.89. The van der Waals surface area contributed by atoms with Crippen LogP contribution >= 0.6 is 0 Å². The Bertz CT molecular complexity index is 825. The third-order valence-electron chi connectivity index (χ3n) is 3.84. The number of rotatable bonds is 5. The summed E-state index contributed by atoms with van der Waals surface area (Å²) < 4.78 is 1.91. The summed E-state index contributed by atoms with van der Waals surface area (Å²) in [6.45, 7) is 4.09. The van der Waals surface area contributed by atoms with Crippen molar-refractivity contribution in [2.75, 3.05) is 5.32 Å². The second kappa shape index (κ2) is 7.12. The first-order valence-corrected chi connectivity index (χ1v) is 8.11. The minimum atomic E-state index is -0.245. The van der Waals surface area contributed by atoms with Crippen molar-refractivity contribution in [2.24, 2.45) is 0 Å². The molecule has 0 saturated heterocycles. The Kier molecular flexibility index (Phi) is 4.74. The van der Waals surface area contributed by atoms with E-state index in [1.165, 1.54) is 0 Å². The average Bonchev–Trinajstić information content (AvgIpc) is 3.00. The summed E-state index contributed by atoms with van der Waals surface area (Å²) in [7, 11) is 0. The first kappa shape index (κ1) is 16.0. The largest absolute Gasteiger partial charge is 0.328 e. The lowest BCUT2D eigenvalue weighted by Crippen LogP contribution is -2.33. The van der Waals surface area contributed by atoms with Crippen molar-refractivity contribution in [3.8, 4) is 0 Å². The number of urea groups is 1. The van der Waals surface area contributed by atoms with E-state index in [1.807, 2.05) is 60.0 Å².